The first kappa shape index (κ1) is 16.8. The smallest absolute Gasteiger partial charge is 0.280 e. The van der Waals surface area contributed by atoms with Gasteiger partial charge in [-0.1, -0.05) is 30.3 Å². The number of hydrogen-bond acceptors (Lipinski definition) is 4. The third kappa shape index (κ3) is 2.17. The molecule has 0 N–H and O–H groups in total. The molecule has 144 valence electrons. The van der Waals surface area contributed by atoms with Gasteiger partial charge >= 0.3 is 0 Å². The van der Waals surface area contributed by atoms with Gasteiger partial charge in [-0.3, -0.25) is 14.5 Å². The van der Waals surface area contributed by atoms with Crippen molar-refractivity contribution in [1.82, 2.24) is 14.8 Å². The van der Waals surface area contributed by atoms with Crippen LogP contribution in [-0.4, -0.2) is 20.7 Å². The van der Waals surface area contributed by atoms with E-state index in [-0.39, 0.29) is 11.6 Å². The molecule has 2 aliphatic heterocycles. The SMILES string of the molecule is O=C1c2ccccc2[C@H]2N1c1ccccc1-c1nc(=O)c(-c3ccc(F)cc3)nn12. The zero-order valence-corrected chi connectivity index (χ0v) is 15.5. The number of carbonyl (C=O) groups excluding carboxylic acids is 1. The van der Waals surface area contributed by atoms with Crippen molar-refractivity contribution in [3.63, 3.8) is 0 Å². The van der Waals surface area contributed by atoms with Crippen LogP contribution in [0.15, 0.2) is 77.6 Å². The molecule has 0 aliphatic carbocycles. The average Bonchev–Trinajstić information content (AvgIpc) is 3.07. The number of halogens is 1. The molecule has 1 amide bonds. The molecule has 0 bridgehead atoms. The first-order valence-electron chi connectivity index (χ1n) is 9.42. The number of carbonyl (C=O) groups is 1. The molecule has 3 heterocycles. The second-order valence-corrected chi connectivity index (χ2v) is 7.19. The van der Waals surface area contributed by atoms with Gasteiger partial charge in [0, 0.05) is 22.3 Å². The van der Waals surface area contributed by atoms with Crippen molar-refractivity contribution in [2.45, 2.75) is 6.17 Å². The number of aromatic nitrogens is 3. The van der Waals surface area contributed by atoms with Crippen molar-refractivity contribution in [3.8, 4) is 22.6 Å². The number of amides is 1. The van der Waals surface area contributed by atoms with Crippen molar-refractivity contribution < 1.29 is 9.18 Å². The third-order valence-electron chi connectivity index (χ3n) is 5.52. The van der Waals surface area contributed by atoms with E-state index in [0.717, 1.165) is 5.56 Å². The summed E-state index contributed by atoms with van der Waals surface area (Å²) in [6.45, 7) is 0. The summed E-state index contributed by atoms with van der Waals surface area (Å²) in [4.78, 5) is 32.1. The van der Waals surface area contributed by atoms with Crippen LogP contribution in [0, 0.1) is 5.82 Å². The number of para-hydroxylation sites is 1. The molecule has 4 aromatic rings. The van der Waals surface area contributed by atoms with E-state index in [9.17, 15) is 14.0 Å². The summed E-state index contributed by atoms with van der Waals surface area (Å²) in [6.07, 6.45) is -0.550. The Hall–Kier alpha value is -4.13. The number of anilines is 1. The Labute approximate surface area is 169 Å². The molecule has 0 saturated carbocycles. The minimum Gasteiger partial charge on any atom is -0.280 e. The van der Waals surface area contributed by atoms with Crippen LogP contribution in [0.4, 0.5) is 10.1 Å². The zero-order valence-electron chi connectivity index (χ0n) is 15.5. The lowest BCUT2D eigenvalue weighted by atomic mass is 10.1. The third-order valence-corrected chi connectivity index (χ3v) is 5.52. The molecule has 1 atom stereocenters. The van der Waals surface area contributed by atoms with Gasteiger partial charge in [-0.15, -0.1) is 0 Å². The van der Waals surface area contributed by atoms with Gasteiger partial charge in [-0.2, -0.15) is 10.1 Å². The average molecular weight is 396 g/mol. The van der Waals surface area contributed by atoms with E-state index in [1.54, 1.807) is 15.6 Å². The van der Waals surface area contributed by atoms with Gasteiger partial charge in [-0.05, 0) is 42.5 Å². The summed E-state index contributed by atoms with van der Waals surface area (Å²) in [5.74, 6) is -0.134. The highest BCUT2D eigenvalue weighted by molar-refractivity contribution is 6.13. The highest BCUT2D eigenvalue weighted by atomic mass is 19.1. The highest BCUT2D eigenvalue weighted by Gasteiger charge is 2.44. The van der Waals surface area contributed by atoms with Crippen LogP contribution in [0.2, 0.25) is 0 Å². The molecule has 3 aromatic carbocycles. The maximum absolute atomic E-state index is 13.4. The van der Waals surface area contributed by atoms with Crippen molar-refractivity contribution in [1.29, 1.82) is 0 Å². The zero-order chi connectivity index (χ0) is 20.4. The Morgan fingerprint density at radius 2 is 1.53 bits per heavy atom. The van der Waals surface area contributed by atoms with Crippen molar-refractivity contribution in [2.24, 2.45) is 0 Å². The first-order chi connectivity index (χ1) is 14.6. The minimum atomic E-state index is -0.550. The van der Waals surface area contributed by atoms with Crippen LogP contribution < -0.4 is 10.5 Å². The fraction of sp³-hybridized carbons (Fsp3) is 0.0435. The van der Waals surface area contributed by atoms with Gasteiger partial charge in [0.1, 0.15) is 5.82 Å². The molecule has 0 spiro atoms. The summed E-state index contributed by atoms with van der Waals surface area (Å²) < 4.78 is 15.0. The lowest BCUT2D eigenvalue weighted by molar-refractivity contribution is 0.0986. The Bertz CT molecular complexity index is 1410. The Morgan fingerprint density at radius 3 is 2.33 bits per heavy atom. The molecular weight excluding hydrogens is 383 g/mol. The molecule has 2 aliphatic rings. The van der Waals surface area contributed by atoms with E-state index in [4.69, 9.17) is 0 Å². The topological polar surface area (TPSA) is 68.1 Å². The Morgan fingerprint density at radius 1 is 0.833 bits per heavy atom. The molecular formula is C23H13FN4O2. The van der Waals surface area contributed by atoms with Gasteiger partial charge in [0.25, 0.3) is 11.5 Å². The van der Waals surface area contributed by atoms with E-state index < -0.39 is 17.5 Å². The van der Waals surface area contributed by atoms with Crippen molar-refractivity contribution in [2.75, 3.05) is 4.90 Å². The lowest BCUT2D eigenvalue weighted by Gasteiger charge is -2.34. The number of benzene rings is 3. The first-order valence-corrected chi connectivity index (χ1v) is 9.42. The van der Waals surface area contributed by atoms with Gasteiger partial charge in [0.15, 0.2) is 17.7 Å². The standard InChI is InChI=1S/C23H13FN4O2/c24-14-11-9-13(10-12-14)19-21(29)25-20-17-7-3-4-8-18(17)27-22(28(20)26-19)15-5-1-2-6-16(15)23(27)30/h1-12,22H/t22-/m0/s1. The number of fused-ring (bicyclic) bond motifs is 8. The number of hydrogen-bond donors (Lipinski definition) is 0. The van der Waals surface area contributed by atoms with E-state index in [2.05, 4.69) is 10.1 Å². The second-order valence-electron chi connectivity index (χ2n) is 7.19. The largest absolute Gasteiger partial charge is 0.300 e. The highest BCUT2D eigenvalue weighted by Crippen LogP contribution is 2.46. The van der Waals surface area contributed by atoms with Crippen LogP contribution in [0.5, 0.6) is 0 Å². The molecule has 7 heteroatoms. The van der Waals surface area contributed by atoms with Crippen molar-refractivity contribution >= 4 is 11.6 Å². The lowest BCUT2D eigenvalue weighted by Crippen LogP contribution is -2.39. The summed E-state index contributed by atoms with van der Waals surface area (Å²) in [5.41, 5.74) is 2.79. The second kappa shape index (κ2) is 5.93. The molecule has 6 rings (SSSR count). The van der Waals surface area contributed by atoms with E-state index >= 15 is 0 Å². The maximum Gasteiger partial charge on any atom is 0.300 e. The van der Waals surface area contributed by atoms with E-state index in [0.29, 0.717) is 28.2 Å². The van der Waals surface area contributed by atoms with Crippen LogP contribution in [0.3, 0.4) is 0 Å². The van der Waals surface area contributed by atoms with Gasteiger partial charge in [0.2, 0.25) is 0 Å². The van der Waals surface area contributed by atoms with Gasteiger partial charge < -0.3 is 0 Å². The van der Waals surface area contributed by atoms with Crippen LogP contribution in [0.1, 0.15) is 22.1 Å². The molecule has 1 aromatic heterocycles. The minimum absolute atomic E-state index is 0.106. The molecule has 6 nitrogen and oxygen atoms in total. The quantitative estimate of drug-likeness (QED) is 0.493. The fourth-order valence-electron chi connectivity index (χ4n) is 4.19. The normalized spacial score (nSPS) is 16.0. The maximum atomic E-state index is 13.4. The summed E-state index contributed by atoms with van der Waals surface area (Å²) in [7, 11) is 0. The predicted molar refractivity (Wildman–Crippen MR) is 109 cm³/mol. The summed E-state index contributed by atoms with van der Waals surface area (Å²) in [6, 6.07) is 20.2. The number of nitrogens with zero attached hydrogens (tertiary/aromatic N) is 4. The fourth-order valence-corrected chi connectivity index (χ4v) is 4.19. The van der Waals surface area contributed by atoms with Crippen molar-refractivity contribution in [3.05, 3.63) is 100 Å². The predicted octanol–water partition coefficient (Wildman–Crippen LogP) is 3.63. The van der Waals surface area contributed by atoms with Crippen LogP contribution in [-0.2, 0) is 0 Å². The summed E-state index contributed by atoms with van der Waals surface area (Å²) >= 11 is 0. The molecule has 30 heavy (non-hydrogen) atoms. The molecule has 0 saturated heterocycles. The van der Waals surface area contributed by atoms with Crippen LogP contribution >= 0.6 is 0 Å². The van der Waals surface area contributed by atoms with E-state index in [1.165, 1.54) is 24.3 Å². The Balaban J connectivity index is 1.67. The molecule has 0 radical (unpaired) electrons. The Kier molecular flexibility index (Phi) is 3.32. The van der Waals surface area contributed by atoms with Crippen LogP contribution in [0.25, 0.3) is 22.6 Å². The molecule has 0 fully saturated rings. The monoisotopic (exact) mass is 396 g/mol. The van der Waals surface area contributed by atoms with Gasteiger partial charge in [0.05, 0.1) is 5.69 Å². The number of rotatable bonds is 1. The summed E-state index contributed by atoms with van der Waals surface area (Å²) in [5, 5.41) is 4.61. The van der Waals surface area contributed by atoms with Gasteiger partial charge in [-0.25, -0.2) is 9.07 Å². The molecule has 0 unspecified atom stereocenters. The van der Waals surface area contributed by atoms with E-state index in [1.807, 2.05) is 42.5 Å².